The third-order valence-corrected chi connectivity index (χ3v) is 3.55. The van der Waals surface area contributed by atoms with Crippen molar-refractivity contribution < 1.29 is 4.79 Å². The molecule has 1 aliphatic rings. The van der Waals surface area contributed by atoms with Crippen LogP contribution in [0.3, 0.4) is 0 Å². The molecule has 2 heterocycles. The van der Waals surface area contributed by atoms with E-state index in [2.05, 4.69) is 29.0 Å². The molecule has 0 aliphatic carbocycles. The molecule has 0 atom stereocenters. The Morgan fingerprint density at radius 2 is 2.11 bits per heavy atom. The molecule has 0 unspecified atom stereocenters. The number of amides is 1. The number of hydrogen-bond acceptors (Lipinski definition) is 3. The first-order valence-electron chi connectivity index (χ1n) is 7.13. The Bertz CT molecular complexity index is 408. The fraction of sp³-hybridized carbons (Fsp3) is 0.600. The molecular formula is C15H23N3O. The third-order valence-electron chi connectivity index (χ3n) is 3.55. The van der Waals surface area contributed by atoms with Gasteiger partial charge in [0, 0.05) is 25.0 Å². The second-order valence-electron chi connectivity index (χ2n) is 5.43. The summed E-state index contributed by atoms with van der Waals surface area (Å²) < 4.78 is 0. The molecular weight excluding hydrogens is 238 g/mol. The van der Waals surface area contributed by atoms with Crippen LogP contribution in [0.15, 0.2) is 18.3 Å². The summed E-state index contributed by atoms with van der Waals surface area (Å²) in [5.74, 6) is 0.370. The van der Waals surface area contributed by atoms with Crippen molar-refractivity contribution >= 4 is 5.91 Å². The number of nitrogens with one attached hydrogen (secondary N) is 1. The maximum atomic E-state index is 11.9. The first-order valence-corrected chi connectivity index (χ1v) is 7.13. The molecule has 2 rings (SSSR count). The van der Waals surface area contributed by atoms with E-state index in [9.17, 15) is 4.79 Å². The van der Waals surface area contributed by atoms with Gasteiger partial charge in [0.25, 0.3) is 5.91 Å². The van der Waals surface area contributed by atoms with E-state index in [-0.39, 0.29) is 5.91 Å². The zero-order chi connectivity index (χ0) is 13.7. The van der Waals surface area contributed by atoms with Gasteiger partial charge in [-0.25, -0.2) is 0 Å². The normalized spacial score (nSPS) is 15.9. The Kier molecular flexibility index (Phi) is 4.91. The van der Waals surface area contributed by atoms with Crippen molar-refractivity contribution in [1.29, 1.82) is 0 Å². The Hall–Kier alpha value is -1.42. The van der Waals surface area contributed by atoms with Crippen molar-refractivity contribution in [3.8, 4) is 0 Å². The molecule has 4 heteroatoms. The van der Waals surface area contributed by atoms with Crippen molar-refractivity contribution in [1.82, 2.24) is 15.2 Å². The molecule has 0 aromatic carbocycles. The van der Waals surface area contributed by atoms with E-state index in [1.165, 1.54) is 25.9 Å². The van der Waals surface area contributed by atoms with E-state index in [1.807, 2.05) is 12.1 Å². The quantitative estimate of drug-likeness (QED) is 0.882. The predicted molar refractivity (Wildman–Crippen MR) is 76.3 cm³/mol. The summed E-state index contributed by atoms with van der Waals surface area (Å²) in [7, 11) is 0. The van der Waals surface area contributed by atoms with Crippen LogP contribution in [-0.2, 0) is 0 Å². The summed E-state index contributed by atoms with van der Waals surface area (Å²) >= 11 is 0. The standard InChI is InChI=1S/C15H23N3O/c1-12(2)14-6-5-13(11-17-14)15(19)16-7-10-18-8-3-4-9-18/h5-6,11-12H,3-4,7-10H2,1-2H3,(H,16,19). The van der Waals surface area contributed by atoms with Crippen molar-refractivity contribution in [2.75, 3.05) is 26.2 Å². The van der Waals surface area contributed by atoms with Gasteiger partial charge >= 0.3 is 0 Å². The topological polar surface area (TPSA) is 45.2 Å². The molecule has 0 radical (unpaired) electrons. The zero-order valence-electron chi connectivity index (χ0n) is 11.9. The second-order valence-corrected chi connectivity index (χ2v) is 5.43. The maximum Gasteiger partial charge on any atom is 0.252 e. The first kappa shape index (κ1) is 14.0. The molecule has 1 aliphatic heterocycles. The molecule has 104 valence electrons. The number of nitrogens with zero attached hydrogens (tertiary/aromatic N) is 2. The minimum atomic E-state index is -0.0259. The van der Waals surface area contributed by atoms with E-state index >= 15 is 0 Å². The lowest BCUT2D eigenvalue weighted by atomic mass is 10.1. The molecule has 0 spiro atoms. The van der Waals surface area contributed by atoms with Crippen LogP contribution in [0, 0.1) is 0 Å². The van der Waals surface area contributed by atoms with Crippen molar-refractivity contribution in [2.45, 2.75) is 32.6 Å². The molecule has 0 saturated carbocycles. The highest BCUT2D eigenvalue weighted by Gasteiger charge is 2.12. The lowest BCUT2D eigenvalue weighted by molar-refractivity contribution is 0.0949. The molecule has 1 aromatic heterocycles. The van der Waals surface area contributed by atoms with Gasteiger partial charge in [0.1, 0.15) is 0 Å². The number of carbonyl (C=O) groups is 1. The van der Waals surface area contributed by atoms with Gasteiger partial charge in [-0.15, -0.1) is 0 Å². The Labute approximate surface area is 115 Å². The van der Waals surface area contributed by atoms with Crippen LogP contribution in [-0.4, -0.2) is 42.0 Å². The number of hydrogen-bond donors (Lipinski definition) is 1. The van der Waals surface area contributed by atoms with Gasteiger partial charge in [-0.3, -0.25) is 9.78 Å². The molecule has 1 N–H and O–H groups in total. The van der Waals surface area contributed by atoms with Crippen molar-refractivity contribution in [2.24, 2.45) is 0 Å². The third kappa shape index (κ3) is 4.03. The molecule has 1 amide bonds. The summed E-state index contributed by atoms with van der Waals surface area (Å²) in [6, 6.07) is 3.79. The predicted octanol–water partition coefficient (Wildman–Crippen LogP) is 2.03. The number of carbonyl (C=O) groups excluding carboxylic acids is 1. The van der Waals surface area contributed by atoms with Gasteiger partial charge in [0.2, 0.25) is 0 Å². The van der Waals surface area contributed by atoms with Crippen molar-refractivity contribution in [3.05, 3.63) is 29.6 Å². The van der Waals surface area contributed by atoms with Gasteiger partial charge in [-0.1, -0.05) is 13.8 Å². The van der Waals surface area contributed by atoms with Gasteiger partial charge in [-0.05, 0) is 44.0 Å². The highest BCUT2D eigenvalue weighted by atomic mass is 16.1. The lowest BCUT2D eigenvalue weighted by Gasteiger charge is -2.14. The Morgan fingerprint density at radius 1 is 1.37 bits per heavy atom. The largest absolute Gasteiger partial charge is 0.351 e. The lowest BCUT2D eigenvalue weighted by Crippen LogP contribution is -2.33. The van der Waals surface area contributed by atoms with E-state index in [1.54, 1.807) is 6.20 Å². The molecule has 4 nitrogen and oxygen atoms in total. The fourth-order valence-electron chi connectivity index (χ4n) is 2.32. The summed E-state index contributed by atoms with van der Waals surface area (Å²) in [5, 5.41) is 2.95. The van der Waals surface area contributed by atoms with Crippen LogP contribution < -0.4 is 5.32 Å². The van der Waals surface area contributed by atoms with Crippen LogP contribution in [0.1, 0.15) is 48.7 Å². The van der Waals surface area contributed by atoms with Crippen LogP contribution in [0.2, 0.25) is 0 Å². The Morgan fingerprint density at radius 3 is 2.68 bits per heavy atom. The second kappa shape index (κ2) is 6.66. The summed E-state index contributed by atoms with van der Waals surface area (Å²) in [5.41, 5.74) is 1.67. The smallest absolute Gasteiger partial charge is 0.252 e. The minimum absolute atomic E-state index is 0.0259. The van der Waals surface area contributed by atoms with Crippen LogP contribution in [0.4, 0.5) is 0 Å². The minimum Gasteiger partial charge on any atom is -0.351 e. The fourth-order valence-corrected chi connectivity index (χ4v) is 2.32. The summed E-state index contributed by atoms with van der Waals surface area (Å²) in [6.45, 7) is 8.19. The van der Waals surface area contributed by atoms with Gasteiger partial charge in [0.05, 0.1) is 5.56 Å². The summed E-state index contributed by atoms with van der Waals surface area (Å²) in [6.07, 6.45) is 4.24. The van der Waals surface area contributed by atoms with E-state index < -0.39 is 0 Å². The SMILES string of the molecule is CC(C)c1ccc(C(=O)NCCN2CCCC2)cn1. The average molecular weight is 261 g/mol. The molecule has 1 saturated heterocycles. The average Bonchev–Trinajstić information content (AvgIpc) is 2.92. The van der Waals surface area contributed by atoms with Crippen molar-refractivity contribution in [3.63, 3.8) is 0 Å². The van der Waals surface area contributed by atoms with Crippen LogP contribution in [0.25, 0.3) is 0 Å². The molecule has 1 aromatic rings. The monoisotopic (exact) mass is 261 g/mol. The summed E-state index contributed by atoms with van der Waals surface area (Å²) in [4.78, 5) is 18.6. The number of likely N-dealkylation sites (tertiary alicyclic amines) is 1. The van der Waals surface area contributed by atoms with Crippen LogP contribution >= 0.6 is 0 Å². The molecule has 19 heavy (non-hydrogen) atoms. The van der Waals surface area contributed by atoms with Crippen LogP contribution in [0.5, 0.6) is 0 Å². The zero-order valence-corrected chi connectivity index (χ0v) is 11.9. The highest BCUT2D eigenvalue weighted by Crippen LogP contribution is 2.11. The first-order chi connectivity index (χ1) is 9.16. The van der Waals surface area contributed by atoms with Gasteiger partial charge in [0.15, 0.2) is 0 Å². The highest BCUT2D eigenvalue weighted by molar-refractivity contribution is 5.93. The maximum absolute atomic E-state index is 11.9. The Balaban J connectivity index is 1.78. The van der Waals surface area contributed by atoms with E-state index in [0.29, 0.717) is 18.0 Å². The molecule has 0 bridgehead atoms. The van der Waals surface area contributed by atoms with E-state index in [4.69, 9.17) is 0 Å². The molecule has 1 fully saturated rings. The number of rotatable bonds is 5. The van der Waals surface area contributed by atoms with Gasteiger partial charge in [-0.2, -0.15) is 0 Å². The van der Waals surface area contributed by atoms with E-state index in [0.717, 1.165) is 12.2 Å². The number of aromatic nitrogens is 1. The number of pyridine rings is 1. The van der Waals surface area contributed by atoms with Gasteiger partial charge < -0.3 is 10.2 Å².